The number of benzene rings is 1. The van der Waals surface area contributed by atoms with Crippen molar-refractivity contribution in [2.45, 2.75) is 19.8 Å². The van der Waals surface area contributed by atoms with Crippen molar-refractivity contribution in [2.75, 3.05) is 46.4 Å². The Morgan fingerprint density at radius 1 is 1.19 bits per heavy atom. The van der Waals surface area contributed by atoms with Crippen LogP contribution in [0.5, 0.6) is 11.5 Å². The lowest BCUT2D eigenvalue weighted by Gasteiger charge is -2.27. The molecule has 4 heteroatoms. The van der Waals surface area contributed by atoms with Gasteiger partial charge in [-0.3, -0.25) is 0 Å². The van der Waals surface area contributed by atoms with Gasteiger partial charge in [0.1, 0.15) is 18.1 Å². The van der Waals surface area contributed by atoms with Crippen LogP contribution in [0.1, 0.15) is 19.8 Å². The summed E-state index contributed by atoms with van der Waals surface area (Å²) in [6.07, 6.45) is 2.65. The van der Waals surface area contributed by atoms with Crippen molar-refractivity contribution >= 4 is 0 Å². The highest BCUT2D eigenvalue weighted by Crippen LogP contribution is 2.17. The summed E-state index contributed by atoms with van der Waals surface area (Å²) in [6, 6.07) is 7.85. The van der Waals surface area contributed by atoms with Crippen molar-refractivity contribution in [2.24, 2.45) is 5.92 Å². The third-order valence-corrected chi connectivity index (χ3v) is 3.85. The summed E-state index contributed by atoms with van der Waals surface area (Å²) in [5.74, 6) is 2.59. The van der Waals surface area contributed by atoms with Gasteiger partial charge in [-0.15, -0.1) is 0 Å². The zero-order valence-electron chi connectivity index (χ0n) is 13.3. The van der Waals surface area contributed by atoms with E-state index in [1.54, 1.807) is 0 Å². The predicted molar refractivity (Wildman–Crippen MR) is 86.2 cm³/mol. The maximum atomic E-state index is 5.79. The molecule has 0 saturated carbocycles. The van der Waals surface area contributed by atoms with Crippen molar-refractivity contribution in [1.82, 2.24) is 10.2 Å². The molecule has 4 nitrogen and oxygen atoms in total. The Morgan fingerprint density at radius 2 is 1.90 bits per heavy atom. The Labute approximate surface area is 128 Å². The third-order valence-electron chi connectivity index (χ3n) is 3.85. The van der Waals surface area contributed by atoms with Crippen molar-refractivity contribution in [3.05, 3.63) is 24.3 Å². The maximum absolute atomic E-state index is 5.79. The first kappa shape index (κ1) is 16.1. The molecule has 0 radical (unpaired) electrons. The zero-order valence-corrected chi connectivity index (χ0v) is 13.3. The molecule has 0 bridgehead atoms. The molecule has 0 spiro atoms. The van der Waals surface area contributed by atoms with Crippen LogP contribution in [-0.2, 0) is 0 Å². The molecule has 1 fully saturated rings. The summed E-state index contributed by atoms with van der Waals surface area (Å²) in [5, 5.41) is 3.47. The minimum atomic E-state index is 0.695. The van der Waals surface area contributed by atoms with E-state index in [0.717, 1.165) is 43.7 Å². The average Bonchev–Trinajstić information content (AvgIpc) is 2.50. The van der Waals surface area contributed by atoms with Gasteiger partial charge in [0.15, 0.2) is 0 Å². The van der Waals surface area contributed by atoms with Crippen molar-refractivity contribution in [1.29, 1.82) is 0 Å². The largest absolute Gasteiger partial charge is 0.494 e. The van der Waals surface area contributed by atoms with Crippen LogP contribution in [0.2, 0.25) is 0 Å². The first-order valence-corrected chi connectivity index (χ1v) is 8.03. The van der Waals surface area contributed by atoms with Crippen LogP contribution in [-0.4, -0.2) is 51.3 Å². The molecule has 118 valence electrons. The van der Waals surface area contributed by atoms with E-state index in [4.69, 9.17) is 9.47 Å². The summed E-state index contributed by atoms with van der Waals surface area (Å²) in [6.45, 7) is 7.86. The summed E-state index contributed by atoms with van der Waals surface area (Å²) in [4.78, 5) is 2.37. The van der Waals surface area contributed by atoms with E-state index in [1.165, 1.54) is 19.4 Å². The molecule has 1 aromatic carbocycles. The molecule has 0 amide bonds. The second-order valence-corrected chi connectivity index (χ2v) is 5.73. The Kier molecular flexibility index (Phi) is 6.83. The van der Waals surface area contributed by atoms with Gasteiger partial charge < -0.3 is 19.7 Å². The van der Waals surface area contributed by atoms with Crippen LogP contribution in [0.25, 0.3) is 0 Å². The second kappa shape index (κ2) is 8.90. The smallest absolute Gasteiger partial charge is 0.119 e. The van der Waals surface area contributed by atoms with Crippen molar-refractivity contribution in [3.8, 4) is 11.5 Å². The molecule has 1 saturated heterocycles. The fourth-order valence-electron chi connectivity index (χ4n) is 2.73. The highest BCUT2D eigenvalue weighted by atomic mass is 16.5. The van der Waals surface area contributed by atoms with Gasteiger partial charge in [-0.05, 0) is 70.1 Å². The zero-order chi connectivity index (χ0) is 14.9. The van der Waals surface area contributed by atoms with Crippen LogP contribution in [0.3, 0.4) is 0 Å². The molecule has 1 aromatic rings. The molecular formula is C17H28N2O2. The average molecular weight is 292 g/mol. The monoisotopic (exact) mass is 292 g/mol. The fourth-order valence-corrected chi connectivity index (χ4v) is 2.73. The second-order valence-electron chi connectivity index (χ2n) is 5.73. The molecule has 1 atom stereocenters. The first-order valence-electron chi connectivity index (χ1n) is 8.03. The van der Waals surface area contributed by atoms with Gasteiger partial charge in [-0.1, -0.05) is 0 Å². The maximum Gasteiger partial charge on any atom is 0.119 e. The lowest BCUT2D eigenvalue weighted by atomic mass is 9.99. The van der Waals surface area contributed by atoms with E-state index < -0.39 is 0 Å². The normalized spacial score (nSPS) is 18.7. The van der Waals surface area contributed by atoms with Gasteiger partial charge in [0.05, 0.1) is 6.61 Å². The summed E-state index contributed by atoms with van der Waals surface area (Å²) >= 11 is 0. The number of likely N-dealkylation sites (N-methyl/N-ethyl adjacent to an activating group) is 1. The highest BCUT2D eigenvalue weighted by molar-refractivity contribution is 5.31. The molecule has 1 aliphatic heterocycles. The van der Waals surface area contributed by atoms with Gasteiger partial charge >= 0.3 is 0 Å². The molecule has 0 aliphatic carbocycles. The SMILES string of the molecule is CCOc1ccc(OCCN(C)CC2CCCNC2)cc1. The molecule has 21 heavy (non-hydrogen) atoms. The molecule has 1 N–H and O–H groups in total. The van der Waals surface area contributed by atoms with Crippen LogP contribution in [0.15, 0.2) is 24.3 Å². The quantitative estimate of drug-likeness (QED) is 0.798. The van der Waals surface area contributed by atoms with Crippen LogP contribution >= 0.6 is 0 Å². The minimum Gasteiger partial charge on any atom is -0.494 e. The van der Waals surface area contributed by atoms with Crippen LogP contribution in [0.4, 0.5) is 0 Å². The van der Waals surface area contributed by atoms with E-state index in [-0.39, 0.29) is 0 Å². The Hall–Kier alpha value is -1.26. The standard InChI is InChI=1S/C17H28N2O2/c1-3-20-16-6-8-17(9-7-16)21-12-11-19(2)14-15-5-4-10-18-13-15/h6-9,15,18H,3-5,10-14H2,1-2H3. The third kappa shape index (κ3) is 5.94. The lowest BCUT2D eigenvalue weighted by molar-refractivity contribution is 0.200. The lowest BCUT2D eigenvalue weighted by Crippen LogP contribution is -2.38. The summed E-state index contributed by atoms with van der Waals surface area (Å²) in [7, 11) is 2.18. The number of piperidine rings is 1. The number of hydrogen-bond acceptors (Lipinski definition) is 4. The number of hydrogen-bond donors (Lipinski definition) is 1. The molecule has 1 unspecified atom stereocenters. The topological polar surface area (TPSA) is 33.7 Å². The van der Waals surface area contributed by atoms with Gasteiger partial charge in [0.25, 0.3) is 0 Å². The Bertz CT molecular complexity index is 388. The van der Waals surface area contributed by atoms with E-state index in [2.05, 4.69) is 17.3 Å². The first-order chi connectivity index (χ1) is 10.3. The molecular weight excluding hydrogens is 264 g/mol. The summed E-state index contributed by atoms with van der Waals surface area (Å²) < 4.78 is 11.2. The van der Waals surface area contributed by atoms with Gasteiger partial charge in [0.2, 0.25) is 0 Å². The molecule has 1 aliphatic rings. The number of nitrogens with zero attached hydrogens (tertiary/aromatic N) is 1. The van der Waals surface area contributed by atoms with E-state index in [0.29, 0.717) is 6.61 Å². The van der Waals surface area contributed by atoms with E-state index in [1.807, 2.05) is 31.2 Å². The summed E-state index contributed by atoms with van der Waals surface area (Å²) in [5.41, 5.74) is 0. The van der Waals surface area contributed by atoms with Gasteiger partial charge in [-0.25, -0.2) is 0 Å². The van der Waals surface area contributed by atoms with Crippen LogP contribution in [0, 0.1) is 5.92 Å². The van der Waals surface area contributed by atoms with Crippen molar-refractivity contribution in [3.63, 3.8) is 0 Å². The fraction of sp³-hybridized carbons (Fsp3) is 0.647. The van der Waals surface area contributed by atoms with E-state index >= 15 is 0 Å². The predicted octanol–water partition coefficient (Wildman–Crippen LogP) is 2.40. The van der Waals surface area contributed by atoms with Gasteiger partial charge in [-0.2, -0.15) is 0 Å². The number of rotatable bonds is 8. The Morgan fingerprint density at radius 3 is 2.52 bits per heavy atom. The minimum absolute atomic E-state index is 0.695. The van der Waals surface area contributed by atoms with E-state index in [9.17, 15) is 0 Å². The molecule has 0 aromatic heterocycles. The number of ether oxygens (including phenoxy) is 2. The highest BCUT2D eigenvalue weighted by Gasteiger charge is 2.14. The molecule has 1 heterocycles. The molecule has 2 rings (SSSR count). The van der Waals surface area contributed by atoms with Crippen LogP contribution < -0.4 is 14.8 Å². The van der Waals surface area contributed by atoms with Gasteiger partial charge in [0, 0.05) is 13.1 Å². The Balaban J connectivity index is 1.63. The number of nitrogens with one attached hydrogen (secondary N) is 1. The van der Waals surface area contributed by atoms with Crippen molar-refractivity contribution < 1.29 is 9.47 Å².